The normalized spacial score (nSPS) is 10.5. The van der Waals surface area contributed by atoms with E-state index in [0.717, 1.165) is 0 Å². The molecule has 7 nitrogen and oxygen atoms in total. The van der Waals surface area contributed by atoms with Crippen LogP contribution in [0.25, 0.3) is 0 Å². The molecular weight excluding hydrogens is 394 g/mol. The van der Waals surface area contributed by atoms with Crippen LogP contribution in [0.3, 0.4) is 0 Å². The van der Waals surface area contributed by atoms with Gasteiger partial charge < -0.3 is 15.4 Å². The first-order valence-corrected chi connectivity index (χ1v) is 9.39. The molecule has 0 atom stereocenters. The van der Waals surface area contributed by atoms with Crippen LogP contribution in [-0.4, -0.2) is 49.7 Å². The SMILES string of the molecule is COc1ccc(Cl)cc1NC(=O)CN(C)CCC(=O)Nc1ccc(C(C)=O)cc1. The number of anilines is 2. The van der Waals surface area contributed by atoms with E-state index in [0.29, 0.717) is 34.3 Å². The number of rotatable bonds is 9. The number of amides is 2. The van der Waals surface area contributed by atoms with E-state index in [1.165, 1.54) is 14.0 Å². The van der Waals surface area contributed by atoms with Crippen molar-refractivity contribution in [3.63, 3.8) is 0 Å². The van der Waals surface area contributed by atoms with Crippen molar-refractivity contribution in [3.05, 3.63) is 53.1 Å². The van der Waals surface area contributed by atoms with Crippen molar-refractivity contribution >= 4 is 40.6 Å². The molecule has 0 bridgehead atoms. The van der Waals surface area contributed by atoms with Crippen LogP contribution in [-0.2, 0) is 9.59 Å². The molecule has 29 heavy (non-hydrogen) atoms. The Balaban J connectivity index is 1.79. The van der Waals surface area contributed by atoms with Crippen LogP contribution in [0, 0.1) is 0 Å². The number of hydrogen-bond acceptors (Lipinski definition) is 5. The number of methoxy groups -OCH3 is 1. The molecule has 0 aliphatic heterocycles. The largest absolute Gasteiger partial charge is 0.495 e. The van der Waals surface area contributed by atoms with E-state index in [9.17, 15) is 14.4 Å². The van der Waals surface area contributed by atoms with Gasteiger partial charge in [0.25, 0.3) is 0 Å². The number of nitrogens with one attached hydrogen (secondary N) is 2. The third-order valence-corrected chi connectivity index (χ3v) is 4.38. The van der Waals surface area contributed by atoms with Gasteiger partial charge in [-0.15, -0.1) is 0 Å². The zero-order valence-electron chi connectivity index (χ0n) is 16.6. The summed E-state index contributed by atoms with van der Waals surface area (Å²) in [6, 6.07) is 11.7. The highest BCUT2D eigenvalue weighted by molar-refractivity contribution is 6.31. The number of Topliss-reactive ketones (excluding diaryl/α,β-unsaturated/α-hetero) is 1. The van der Waals surface area contributed by atoms with E-state index in [1.54, 1.807) is 54.4 Å². The topological polar surface area (TPSA) is 87.7 Å². The van der Waals surface area contributed by atoms with Crippen LogP contribution in [0.1, 0.15) is 23.7 Å². The summed E-state index contributed by atoms with van der Waals surface area (Å²) < 4.78 is 5.20. The van der Waals surface area contributed by atoms with E-state index in [1.807, 2.05) is 0 Å². The number of ether oxygens (including phenoxy) is 1. The second-order valence-electron chi connectivity index (χ2n) is 6.56. The van der Waals surface area contributed by atoms with Crippen LogP contribution < -0.4 is 15.4 Å². The number of carbonyl (C=O) groups is 3. The van der Waals surface area contributed by atoms with Crippen molar-refractivity contribution in [1.29, 1.82) is 0 Å². The molecule has 0 fully saturated rings. The summed E-state index contributed by atoms with van der Waals surface area (Å²) in [6.07, 6.45) is 0.221. The summed E-state index contributed by atoms with van der Waals surface area (Å²) in [5.74, 6) is 0.0661. The standard InChI is InChI=1S/C21H24ClN3O4/c1-14(26)15-4-7-17(8-5-15)23-20(27)10-11-25(2)13-21(28)24-18-12-16(22)6-9-19(18)29-3/h4-9,12H,10-11,13H2,1-3H3,(H,23,27)(H,24,28). The highest BCUT2D eigenvalue weighted by atomic mass is 35.5. The molecular formula is C21H24ClN3O4. The Morgan fingerprint density at radius 3 is 2.34 bits per heavy atom. The fraction of sp³-hybridized carbons (Fsp3) is 0.286. The molecule has 2 rings (SSSR count). The molecule has 8 heteroatoms. The first kappa shape index (κ1) is 22.4. The van der Waals surface area contributed by atoms with E-state index >= 15 is 0 Å². The second kappa shape index (κ2) is 10.6. The van der Waals surface area contributed by atoms with Crippen molar-refractivity contribution in [2.45, 2.75) is 13.3 Å². The quantitative estimate of drug-likeness (QED) is 0.610. The second-order valence-corrected chi connectivity index (χ2v) is 7.00. The average Bonchev–Trinajstić information content (AvgIpc) is 2.67. The van der Waals surface area contributed by atoms with Gasteiger partial charge in [0, 0.05) is 29.2 Å². The minimum absolute atomic E-state index is 0.0295. The molecule has 2 aromatic carbocycles. The van der Waals surface area contributed by atoms with E-state index < -0.39 is 0 Å². The molecule has 2 aromatic rings. The molecule has 0 aliphatic rings. The molecule has 2 amide bonds. The summed E-state index contributed by atoms with van der Waals surface area (Å²) in [5, 5.41) is 6.01. The van der Waals surface area contributed by atoms with Gasteiger partial charge in [0.2, 0.25) is 11.8 Å². The van der Waals surface area contributed by atoms with Gasteiger partial charge in [-0.3, -0.25) is 19.3 Å². The van der Waals surface area contributed by atoms with Crippen LogP contribution in [0.4, 0.5) is 11.4 Å². The average molecular weight is 418 g/mol. The van der Waals surface area contributed by atoms with E-state index in [-0.39, 0.29) is 30.6 Å². The molecule has 154 valence electrons. The Morgan fingerprint density at radius 2 is 1.72 bits per heavy atom. The molecule has 0 radical (unpaired) electrons. The van der Waals surface area contributed by atoms with Crippen LogP contribution >= 0.6 is 11.6 Å². The maximum absolute atomic E-state index is 12.2. The summed E-state index contributed by atoms with van der Waals surface area (Å²) in [6.45, 7) is 2.00. The highest BCUT2D eigenvalue weighted by Gasteiger charge is 2.12. The molecule has 2 N–H and O–H groups in total. The third kappa shape index (κ3) is 7.21. The van der Waals surface area contributed by atoms with E-state index in [2.05, 4.69) is 10.6 Å². The lowest BCUT2D eigenvalue weighted by Crippen LogP contribution is -2.32. The van der Waals surface area contributed by atoms with Gasteiger partial charge in [0.05, 0.1) is 19.3 Å². The number of ketones is 1. The lowest BCUT2D eigenvalue weighted by atomic mass is 10.1. The zero-order chi connectivity index (χ0) is 21.4. The molecule has 0 spiro atoms. The van der Waals surface area contributed by atoms with Gasteiger partial charge in [0.15, 0.2) is 5.78 Å². The van der Waals surface area contributed by atoms with Crippen LogP contribution in [0.5, 0.6) is 5.75 Å². The molecule has 0 aromatic heterocycles. The smallest absolute Gasteiger partial charge is 0.238 e. The minimum Gasteiger partial charge on any atom is -0.495 e. The van der Waals surface area contributed by atoms with Crippen molar-refractivity contribution in [1.82, 2.24) is 4.90 Å². The van der Waals surface area contributed by atoms with Crippen molar-refractivity contribution in [2.24, 2.45) is 0 Å². The summed E-state index contributed by atoms with van der Waals surface area (Å²) >= 11 is 5.96. The Labute approximate surface area is 175 Å². The fourth-order valence-electron chi connectivity index (χ4n) is 2.60. The first-order chi connectivity index (χ1) is 13.8. The van der Waals surface area contributed by atoms with Gasteiger partial charge in [0.1, 0.15) is 5.75 Å². The minimum atomic E-state index is -0.242. The van der Waals surface area contributed by atoms with Gasteiger partial charge in [-0.05, 0) is 56.4 Å². The zero-order valence-corrected chi connectivity index (χ0v) is 17.4. The predicted octanol–water partition coefficient (Wildman–Crippen LogP) is 3.45. The lowest BCUT2D eigenvalue weighted by Gasteiger charge is -2.17. The Hall–Kier alpha value is -2.90. The van der Waals surface area contributed by atoms with Crippen molar-refractivity contribution < 1.29 is 19.1 Å². The first-order valence-electron chi connectivity index (χ1n) is 9.01. The van der Waals surface area contributed by atoms with Gasteiger partial charge in [-0.1, -0.05) is 11.6 Å². The molecule has 0 saturated heterocycles. The van der Waals surface area contributed by atoms with E-state index in [4.69, 9.17) is 16.3 Å². The fourth-order valence-corrected chi connectivity index (χ4v) is 2.77. The maximum atomic E-state index is 12.2. The number of benzene rings is 2. The summed E-state index contributed by atoms with van der Waals surface area (Å²) in [4.78, 5) is 37.4. The number of nitrogens with zero attached hydrogens (tertiary/aromatic N) is 1. The van der Waals surface area contributed by atoms with Crippen molar-refractivity contribution in [3.8, 4) is 5.75 Å². The molecule has 0 heterocycles. The number of carbonyl (C=O) groups excluding carboxylic acids is 3. The Kier molecular flexibility index (Phi) is 8.18. The van der Waals surface area contributed by atoms with Gasteiger partial charge in [-0.2, -0.15) is 0 Å². The maximum Gasteiger partial charge on any atom is 0.238 e. The lowest BCUT2D eigenvalue weighted by molar-refractivity contribution is -0.119. The number of hydrogen-bond donors (Lipinski definition) is 2. The molecule has 0 saturated carbocycles. The number of halogens is 1. The van der Waals surface area contributed by atoms with Crippen LogP contribution in [0.15, 0.2) is 42.5 Å². The Bertz CT molecular complexity index is 884. The van der Waals surface area contributed by atoms with Crippen LogP contribution in [0.2, 0.25) is 5.02 Å². The molecule has 0 unspecified atom stereocenters. The third-order valence-electron chi connectivity index (χ3n) is 4.14. The summed E-state index contributed by atoms with van der Waals surface area (Å²) in [7, 11) is 3.26. The Morgan fingerprint density at radius 1 is 1.03 bits per heavy atom. The highest BCUT2D eigenvalue weighted by Crippen LogP contribution is 2.27. The number of likely N-dealkylation sites (N-methyl/N-ethyl adjacent to an activating group) is 1. The monoisotopic (exact) mass is 417 g/mol. The summed E-state index contributed by atoms with van der Waals surface area (Å²) in [5.41, 5.74) is 1.70. The van der Waals surface area contributed by atoms with Gasteiger partial charge >= 0.3 is 0 Å². The predicted molar refractivity (Wildman–Crippen MR) is 114 cm³/mol. The molecule has 0 aliphatic carbocycles. The van der Waals surface area contributed by atoms with Gasteiger partial charge in [-0.25, -0.2) is 0 Å². The van der Waals surface area contributed by atoms with Crippen molar-refractivity contribution in [2.75, 3.05) is 37.9 Å².